The van der Waals surface area contributed by atoms with Crippen LogP contribution >= 0.6 is 0 Å². The molecule has 19 heavy (non-hydrogen) atoms. The second-order valence-corrected chi connectivity index (χ2v) is 3.89. The third kappa shape index (κ3) is 2.67. The molecule has 0 aliphatic heterocycles. The second kappa shape index (κ2) is 5.01. The van der Waals surface area contributed by atoms with Gasteiger partial charge in [-0.1, -0.05) is 0 Å². The Bertz CT molecular complexity index is 685. The topological polar surface area (TPSA) is 86.0 Å². The molecule has 6 heteroatoms. The van der Waals surface area contributed by atoms with Gasteiger partial charge in [-0.3, -0.25) is 4.79 Å². The molecule has 100 valence electrons. The van der Waals surface area contributed by atoms with Gasteiger partial charge < -0.3 is 19.0 Å². The average Bonchev–Trinajstić information content (AvgIpc) is 2.35. The minimum Gasteiger partial charge on any atom is -0.507 e. The van der Waals surface area contributed by atoms with Gasteiger partial charge >= 0.3 is 11.6 Å². The van der Waals surface area contributed by atoms with Gasteiger partial charge in [-0.2, -0.15) is 0 Å². The molecule has 0 aliphatic carbocycles. The van der Waals surface area contributed by atoms with E-state index >= 15 is 0 Å². The van der Waals surface area contributed by atoms with E-state index in [0.717, 1.165) is 0 Å². The lowest BCUT2D eigenvalue weighted by atomic mass is 10.1. The maximum absolute atomic E-state index is 11.8. The van der Waals surface area contributed by atoms with Crippen LogP contribution in [0.5, 0.6) is 11.5 Å². The summed E-state index contributed by atoms with van der Waals surface area (Å²) in [6.07, 6.45) is 0. The molecule has 0 unspecified atom stereocenters. The van der Waals surface area contributed by atoms with Gasteiger partial charge in [0.15, 0.2) is 0 Å². The molecule has 0 aliphatic rings. The van der Waals surface area contributed by atoms with Gasteiger partial charge in [0.2, 0.25) is 0 Å². The Kier molecular flexibility index (Phi) is 3.41. The van der Waals surface area contributed by atoms with Gasteiger partial charge in [0.05, 0.1) is 7.11 Å². The van der Waals surface area contributed by atoms with Crippen molar-refractivity contribution in [3.8, 4) is 11.5 Å². The first-order chi connectivity index (χ1) is 9.01. The lowest BCUT2D eigenvalue weighted by Crippen LogP contribution is -2.05. The number of esters is 1. The normalized spacial score (nSPS) is 10.4. The first-order valence-corrected chi connectivity index (χ1v) is 5.48. The van der Waals surface area contributed by atoms with Gasteiger partial charge in [-0.15, -0.1) is 0 Å². The van der Waals surface area contributed by atoms with Crippen LogP contribution in [-0.2, 0) is 16.1 Å². The molecule has 2 rings (SSSR count). The monoisotopic (exact) mass is 264 g/mol. The number of hydrogen-bond acceptors (Lipinski definition) is 6. The molecule has 1 aromatic carbocycles. The van der Waals surface area contributed by atoms with Crippen LogP contribution < -0.4 is 10.4 Å². The van der Waals surface area contributed by atoms with E-state index < -0.39 is 11.6 Å². The number of carbonyl (C=O) groups is 1. The van der Waals surface area contributed by atoms with Gasteiger partial charge in [0.1, 0.15) is 29.3 Å². The summed E-state index contributed by atoms with van der Waals surface area (Å²) in [7, 11) is 1.45. The van der Waals surface area contributed by atoms with Crippen molar-refractivity contribution >= 4 is 16.7 Å². The third-order valence-electron chi connectivity index (χ3n) is 2.52. The minimum absolute atomic E-state index is 0.0624. The number of fused-ring (bicyclic) bond motifs is 1. The number of methoxy groups -OCH3 is 1. The Hall–Kier alpha value is -2.50. The number of phenols is 1. The van der Waals surface area contributed by atoms with Crippen molar-refractivity contribution in [1.82, 2.24) is 0 Å². The molecule has 0 saturated carbocycles. The second-order valence-electron chi connectivity index (χ2n) is 3.89. The van der Waals surface area contributed by atoms with Gasteiger partial charge in [0, 0.05) is 13.0 Å². The number of carbonyl (C=O) groups excluding carboxylic acids is 1. The highest BCUT2D eigenvalue weighted by atomic mass is 16.5. The molecule has 1 aromatic heterocycles. The largest absolute Gasteiger partial charge is 0.507 e. The van der Waals surface area contributed by atoms with Crippen LogP contribution in [0.15, 0.2) is 27.4 Å². The van der Waals surface area contributed by atoms with Crippen LogP contribution in [0, 0.1) is 0 Å². The highest BCUT2D eigenvalue weighted by molar-refractivity contribution is 5.88. The highest BCUT2D eigenvalue weighted by Gasteiger charge is 2.11. The van der Waals surface area contributed by atoms with E-state index in [2.05, 4.69) is 0 Å². The van der Waals surface area contributed by atoms with E-state index in [1.807, 2.05) is 0 Å². The fourth-order valence-corrected chi connectivity index (χ4v) is 1.69. The molecule has 0 saturated heterocycles. The minimum atomic E-state index is -0.695. The molecule has 0 atom stereocenters. The molecule has 2 aromatic rings. The predicted octanol–water partition coefficient (Wildman–Crippen LogP) is 1.57. The first-order valence-electron chi connectivity index (χ1n) is 5.48. The molecule has 1 N–H and O–H groups in total. The molecule has 0 bridgehead atoms. The fraction of sp³-hybridized carbons (Fsp3) is 0.231. The van der Waals surface area contributed by atoms with Gasteiger partial charge in [-0.25, -0.2) is 4.79 Å². The summed E-state index contributed by atoms with van der Waals surface area (Å²) in [6, 6.07) is 4.43. The van der Waals surface area contributed by atoms with Crippen molar-refractivity contribution in [2.45, 2.75) is 13.5 Å². The van der Waals surface area contributed by atoms with Crippen molar-refractivity contribution in [2.75, 3.05) is 7.11 Å². The third-order valence-corrected chi connectivity index (χ3v) is 2.52. The number of phenolic OH excluding ortho intramolecular Hbond substituents is 1. The molecular weight excluding hydrogens is 252 g/mol. The van der Waals surface area contributed by atoms with Crippen molar-refractivity contribution < 1.29 is 23.8 Å². The van der Waals surface area contributed by atoms with E-state index in [1.165, 1.54) is 26.2 Å². The van der Waals surface area contributed by atoms with Crippen molar-refractivity contribution in [3.05, 3.63) is 34.4 Å². The summed E-state index contributed by atoms with van der Waals surface area (Å²) in [4.78, 5) is 22.5. The molecular formula is C13H12O6. The number of aromatic hydroxyl groups is 1. The standard InChI is InChI=1S/C13H12O6/c1-7(14)18-6-10-4-8-3-9(17-2)5-11(15)12(8)13(16)19-10/h3-5,15H,6H2,1-2H3. The summed E-state index contributed by atoms with van der Waals surface area (Å²) in [5, 5.41) is 10.3. The van der Waals surface area contributed by atoms with Crippen LogP contribution in [0.2, 0.25) is 0 Å². The number of benzene rings is 1. The quantitative estimate of drug-likeness (QED) is 0.847. The van der Waals surface area contributed by atoms with E-state index in [-0.39, 0.29) is 23.5 Å². The van der Waals surface area contributed by atoms with Crippen LogP contribution in [-0.4, -0.2) is 18.2 Å². The molecule has 0 fully saturated rings. The van der Waals surface area contributed by atoms with Crippen molar-refractivity contribution in [1.29, 1.82) is 0 Å². The number of hydrogen-bond donors (Lipinski definition) is 1. The van der Waals surface area contributed by atoms with E-state index in [0.29, 0.717) is 11.1 Å². The number of ether oxygens (including phenoxy) is 2. The van der Waals surface area contributed by atoms with Crippen LogP contribution in [0.3, 0.4) is 0 Å². The zero-order valence-electron chi connectivity index (χ0n) is 10.4. The molecule has 1 heterocycles. The number of rotatable bonds is 3. The zero-order valence-corrected chi connectivity index (χ0v) is 10.4. The highest BCUT2D eigenvalue weighted by Crippen LogP contribution is 2.28. The summed E-state index contributed by atoms with van der Waals surface area (Å²) < 4.78 is 14.7. The Labute approximate surface area is 108 Å². The maximum Gasteiger partial charge on any atom is 0.347 e. The molecule has 0 amide bonds. The Morgan fingerprint density at radius 3 is 2.74 bits per heavy atom. The van der Waals surface area contributed by atoms with Crippen LogP contribution in [0.4, 0.5) is 0 Å². The van der Waals surface area contributed by atoms with Crippen LogP contribution in [0.1, 0.15) is 12.7 Å². The van der Waals surface area contributed by atoms with Gasteiger partial charge in [0.25, 0.3) is 0 Å². The van der Waals surface area contributed by atoms with Crippen molar-refractivity contribution in [2.24, 2.45) is 0 Å². The summed E-state index contributed by atoms with van der Waals surface area (Å²) >= 11 is 0. The lowest BCUT2D eigenvalue weighted by Gasteiger charge is -2.06. The maximum atomic E-state index is 11.8. The van der Waals surface area contributed by atoms with Crippen molar-refractivity contribution in [3.63, 3.8) is 0 Å². The smallest absolute Gasteiger partial charge is 0.347 e. The molecule has 0 radical (unpaired) electrons. The van der Waals surface area contributed by atoms with Crippen LogP contribution in [0.25, 0.3) is 10.8 Å². The van der Waals surface area contributed by atoms with E-state index in [9.17, 15) is 14.7 Å². The van der Waals surface area contributed by atoms with E-state index in [1.54, 1.807) is 6.07 Å². The zero-order chi connectivity index (χ0) is 14.0. The SMILES string of the molecule is COc1cc(O)c2c(=O)oc(COC(C)=O)cc2c1. The molecule has 6 nitrogen and oxygen atoms in total. The van der Waals surface area contributed by atoms with Gasteiger partial charge in [-0.05, 0) is 17.5 Å². The fourth-order valence-electron chi connectivity index (χ4n) is 1.69. The molecule has 0 spiro atoms. The summed E-state index contributed by atoms with van der Waals surface area (Å²) in [5.74, 6) is -0.0900. The summed E-state index contributed by atoms with van der Waals surface area (Å²) in [5.41, 5.74) is -0.695. The lowest BCUT2D eigenvalue weighted by molar-refractivity contribution is -0.142. The average molecular weight is 264 g/mol. The Morgan fingerprint density at radius 1 is 1.37 bits per heavy atom. The first kappa shape index (κ1) is 12.9. The Balaban J connectivity index is 2.54. The van der Waals surface area contributed by atoms with E-state index in [4.69, 9.17) is 13.9 Å². The Morgan fingerprint density at radius 2 is 2.11 bits per heavy atom. The predicted molar refractivity (Wildman–Crippen MR) is 66.2 cm³/mol. The summed E-state index contributed by atoms with van der Waals surface area (Å²) in [6.45, 7) is 1.12.